The molecule has 0 bridgehead atoms. The van der Waals surface area contributed by atoms with Gasteiger partial charge in [0.25, 0.3) is 0 Å². The summed E-state index contributed by atoms with van der Waals surface area (Å²) in [6, 6.07) is 0.0623. The molecule has 0 aliphatic heterocycles. The first kappa shape index (κ1) is 15.8. The number of hydrogen-bond acceptors (Lipinski definition) is 4. The number of nitrogens with two attached hydrogens (primary N) is 1. The number of ether oxygens (including phenoxy) is 1. The van der Waals surface area contributed by atoms with Gasteiger partial charge in [0, 0.05) is 12.1 Å². The summed E-state index contributed by atoms with van der Waals surface area (Å²) in [5.74, 6) is -1.03. The Morgan fingerprint density at radius 2 is 1.79 bits per heavy atom. The molecule has 0 aromatic rings. The normalized spacial score (nSPS) is 23.8. The predicted octanol–water partition coefficient (Wildman–Crippen LogP) is 1.58. The van der Waals surface area contributed by atoms with Crippen molar-refractivity contribution in [2.75, 3.05) is 6.54 Å². The number of aliphatic carboxylic acids is 1. The molecule has 19 heavy (non-hydrogen) atoms. The van der Waals surface area contributed by atoms with Gasteiger partial charge in [-0.1, -0.05) is 0 Å². The van der Waals surface area contributed by atoms with Crippen LogP contribution in [0, 0.1) is 0 Å². The summed E-state index contributed by atoms with van der Waals surface area (Å²) in [4.78, 5) is 24.3. The topological polar surface area (TPSA) is 92.9 Å². The van der Waals surface area contributed by atoms with Gasteiger partial charge in [-0.2, -0.15) is 0 Å². The molecule has 0 aromatic carbocycles. The van der Waals surface area contributed by atoms with Gasteiger partial charge in [0.05, 0.1) is 0 Å². The van der Waals surface area contributed by atoms with E-state index < -0.39 is 17.7 Å². The van der Waals surface area contributed by atoms with E-state index in [9.17, 15) is 9.59 Å². The second-order valence-electron chi connectivity index (χ2n) is 6.07. The van der Waals surface area contributed by atoms with Gasteiger partial charge in [-0.3, -0.25) is 9.69 Å². The molecule has 1 aliphatic rings. The third kappa shape index (κ3) is 5.46. The molecule has 6 heteroatoms. The largest absolute Gasteiger partial charge is 0.480 e. The minimum atomic E-state index is -1.03. The Bertz CT molecular complexity index is 330. The number of nitrogens with zero attached hydrogens (tertiary/aromatic N) is 1. The number of carbonyl (C=O) groups is 2. The van der Waals surface area contributed by atoms with Crippen molar-refractivity contribution >= 4 is 12.1 Å². The van der Waals surface area contributed by atoms with Crippen LogP contribution < -0.4 is 5.73 Å². The summed E-state index contributed by atoms with van der Waals surface area (Å²) < 4.78 is 5.27. The minimum Gasteiger partial charge on any atom is -0.480 e. The monoisotopic (exact) mass is 272 g/mol. The molecule has 1 fully saturated rings. The maximum absolute atomic E-state index is 12.1. The van der Waals surface area contributed by atoms with Gasteiger partial charge in [0.1, 0.15) is 12.1 Å². The number of amides is 1. The molecule has 1 rings (SSSR count). The summed E-state index contributed by atoms with van der Waals surface area (Å²) in [7, 11) is 0. The van der Waals surface area contributed by atoms with Gasteiger partial charge in [-0.25, -0.2) is 4.79 Å². The molecule has 110 valence electrons. The van der Waals surface area contributed by atoms with E-state index in [0.29, 0.717) is 0 Å². The van der Waals surface area contributed by atoms with Crippen molar-refractivity contribution in [3.05, 3.63) is 0 Å². The highest BCUT2D eigenvalue weighted by Gasteiger charge is 2.32. The molecule has 1 amide bonds. The quantitative estimate of drug-likeness (QED) is 0.813. The summed E-state index contributed by atoms with van der Waals surface area (Å²) >= 11 is 0. The van der Waals surface area contributed by atoms with Crippen LogP contribution in [-0.4, -0.2) is 46.3 Å². The highest BCUT2D eigenvalue weighted by atomic mass is 16.6. The SMILES string of the molecule is CC(C)(C)OC(=O)N(CC(=O)O)C1CCC(N)CC1. The Hall–Kier alpha value is -1.30. The van der Waals surface area contributed by atoms with Gasteiger partial charge < -0.3 is 15.6 Å². The Balaban J connectivity index is 2.71. The van der Waals surface area contributed by atoms with E-state index in [4.69, 9.17) is 15.6 Å². The summed E-state index contributed by atoms with van der Waals surface area (Å²) in [5.41, 5.74) is 5.20. The average Bonchev–Trinajstić information content (AvgIpc) is 2.24. The molecule has 0 saturated heterocycles. The van der Waals surface area contributed by atoms with Crippen LogP contribution in [0.1, 0.15) is 46.5 Å². The van der Waals surface area contributed by atoms with E-state index in [1.807, 2.05) is 0 Å². The van der Waals surface area contributed by atoms with E-state index in [2.05, 4.69) is 0 Å². The van der Waals surface area contributed by atoms with Crippen LogP contribution in [0.4, 0.5) is 4.79 Å². The summed E-state index contributed by atoms with van der Waals surface area (Å²) in [5, 5.41) is 8.94. The molecule has 0 atom stereocenters. The fraction of sp³-hybridized carbons (Fsp3) is 0.846. The molecular formula is C13H24N2O4. The first-order chi connectivity index (χ1) is 8.69. The Morgan fingerprint density at radius 3 is 2.21 bits per heavy atom. The third-order valence-corrected chi connectivity index (χ3v) is 3.12. The lowest BCUT2D eigenvalue weighted by Crippen LogP contribution is -2.48. The molecule has 1 aliphatic carbocycles. The fourth-order valence-electron chi connectivity index (χ4n) is 2.22. The van der Waals surface area contributed by atoms with Gasteiger partial charge in [0.2, 0.25) is 0 Å². The van der Waals surface area contributed by atoms with Crippen molar-refractivity contribution in [3.8, 4) is 0 Å². The van der Waals surface area contributed by atoms with Gasteiger partial charge in [-0.15, -0.1) is 0 Å². The average molecular weight is 272 g/mol. The second-order valence-corrected chi connectivity index (χ2v) is 6.07. The zero-order valence-electron chi connectivity index (χ0n) is 11.9. The van der Waals surface area contributed by atoms with Crippen LogP contribution in [0.2, 0.25) is 0 Å². The van der Waals surface area contributed by atoms with Crippen LogP contribution in [0.15, 0.2) is 0 Å². The van der Waals surface area contributed by atoms with Gasteiger partial charge >= 0.3 is 12.1 Å². The highest BCUT2D eigenvalue weighted by molar-refractivity contribution is 5.77. The minimum absolute atomic E-state index is 0.0919. The van der Waals surface area contributed by atoms with Crippen LogP contribution in [0.25, 0.3) is 0 Å². The van der Waals surface area contributed by atoms with Crippen molar-refractivity contribution in [1.29, 1.82) is 0 Å². The van der Waals surface area contributed by atoms with Crippen LogP contribution in [0.5, 0.6) is 0 Å². The summed E-state index contributed by atoms with van der Waals surface area (Å²) in [6.07, 6.45) is 2.52. The van der Waals surface area contributed by atoms with E-state index in [1.165, 1.54) is 4.90 Å². The lowest BCUT2D eigenvalue weighted by atomic mass is 9.91. The third-order valence-electron chi connectivity index (χ3n) is 3.12. The van der Waals surface area contributed by atoms with Gasteiger partial charge in [-0.05, 0) is 46.5 Å². The van der Waals surface area contributed by atoms with Crippen molar-refractivity contribution in [3.63, 3.8) is 0 Å². The van der Waals surface area contributed by atoms with E-state index >= 15 is 0 Å². The number of carboxylic acid groups (broad SMARTS) is 1. The van der Waals surface area contributed by atoms with E-state index in [-0.39, 0.29) is 18.6 Å². The van der Waals surface area contributed by atoms with Crippen LogP contribution in [-0.2, 0) is 9.53 Å². The lowest BCUT2D eigenvalue weighted by Gasteiger charge is -2.36. The number of carbonyl (C=O) groups excluding carboxylic acids is 1. The molecule has 0 radical (unpaired) electrons. The number of hydrogen-bond donors (Lipinski definition) is 2. The second kappa shape index (κ2) is 6.23. The molecule has 6 nitrogen and oxygen atoms in total. The standard InChI is InChI=1S/C13H24N2O4/c1-13(2,3)19-12(18)15(8-11(16)17)10-6-4-9(14)5-7-10/h9-10H,4-8,14H2,1-3H3,(H,16,17). The van der Waals surface area contributed by atoms with E-state index in [0.717, 1.165) is 25.7 Å². The van der Waals surface area contributed by atoms with Crippen molar-refractivity contribution in [2.24, 2.45) is 5.73 Å². The molecule has 1 saturated carbocycles. The summed E-state index contributed by atoms with van der Waals surface area (Å²) in [6.45, 7) is 4.97. The van der Waals surface area contributed by atoms with Crippen molar-refractivity contribution in [1.82, 2.24) is 4.90 Å². The molecule has 0 spiro atoms. The van der Waals surface area contributed by atoms with Crippen LogP contribution >= 0.6 is 0 Å². The zero-order valence-corrected chi connectivity index (χ0v) is 11.9. The van der Waals surface area contributed by atoms with Gasteiger partial charge in [0.15, 0.2) is 0 Å². The first-order valence-electron chi connectivity index (χ1n) is 6.66. The maximum Gasteiger partial charge on any atom is 0.411 e. The molecule has 3 N–H and O–H groups in total. The maximum atomic E-state index is 12.1. The van der Waals surface area contributed by atoms with Crippen molar-refractivity contribution in [2.45, 2.75) is 64.1 Å². The Kier molecular flexibility index (Phi) is 5.17. The first-order valence-corrected chi connectivity index (χ1v) is 6.66. The number of carboxylic acids is 1. The Labute approximate surface area is 113 Å². The van der Waals surface area contributed by atoms with Crippen molar-refractivity contribution < 1.29 is 19.4 Å². The molecular weight excluding hydrogens is 248 g/mol. The van der Waals surface area contributed by atoms with Crippen LogP contribution in [0.3, 0.4) is 0 Å². The van der Waals surface area contributed by atoms with E-state index in [1.54, 1.807) is 20.8 Å². The lowest BCUT2D eigenvalue weighted by molar-refractivity contribution is -0.139. The number of rotatable bonds is 3. The molecule has 0 unspecified atom stereocenters. The highest BCUT2D eigenvalue weighted by Crippen LogP contribution is 2.23. The smallest absolute Gasteiger partial charge is 0.411 e. The predicted molar refractivity (Wildman–Crippen MR) is 70.8 cm³/mol. The molecule has 0 aromatic heterocycles. The Morgan fingerprint density at radius 1 is 1.26 bits per heavy atom. The molecule has 0 heterocycles. The zero-order chi connectivity index (χ0) is 14.6. The fourth-order valence-corrected chi connectivity index (χ4v) is 2.22.